The number of likely N-dealkylation sites (N-methyl/N-ethyl adjacent to an activating group) is 1. The smallest absolute Gasteiger partial charge is 0.0197 e. The molecule has 16 heavy (non-hydrogen) atoms. The fourth-order valence-electron chi connectivity index (χ4n) is 3.44. The minimum Gasteiger partial charge on any atom is -0.310 e. The Bertz CT molecular complexity index is 199. The highest BCUT2D eigenvalue weighted by Gasteiger charge is 2.24. The zero-order chi connectivity index (χ0) is 11.4. The molecule has 1 saturated carbocycles. The van der Waals surface area contributed by atoms with E-state index < -0.39 is 0 Å². The molecule has 0 amide bonds. The largest absolute Gasteiger partial charge is 0.310 e. The molecule has 1 unspecified atom stereocenters. The van der Waals surface area contributed by atoms with E-state index in [1.807, 2.05) is 0 Å². The summed E-state index contributed by atoms with van der Waals surface area (Å²) in [5.74, 6) is 0.945. The van der Waals surface area contributed by atoms with Gasteiger partial charge in [0.25, 0.3) is 0 Å². The van der Waals surface area contributed by atoms with E-state index in [4.69, 9.17) is 0 Å². The number of piperidine rings is 1. The molecule has 2 aliphatic rings. The van der Waals surface area contributed by atoms with E-state index in [-0.39, 0.29) is 0 Å². The average Bonchev–Trinajstić information content (AvgIpc) is 2.30. The van der Waals surface area contributed by atoms with Gasteiger partial charge < -0.3 is 10.2 Å². The zero-order valence-corrected chi connectivity index (χ0v) is 11.0. The van der Waals surface area contributed by atoms with E-state index in [1.54, 1.807) is 0 Å². The van der Waals surface area contributed by atoms with Crippen LogP contribution in [0.25, 0.3) is 0 Å². The number of rotatable bonds is 3. The fraction of sp³-hybridized carbons (Fsp3) is 1.00. The number of likely N-dealkylation sites (tertiary alicyclic amines) is 1. The van der Waals surface area contributed by atoms with Gasteiger partial charge in [-0.2, -0.15) is 0 Å². The summed E-state index contributed by atoms with van der Waals surface area (Å²) in [5.41, 5.74) is 0. The maximum Gasteiger partial charge on any atom is 0.0197 e. The Morgan fingerprint density at radius 2 is 1.81 bits per heavy atom. The number of hydrogen-bond acceptors (Lipinski definition) is 2. The van der Waals surface area contributed by atoms with E-state index in [9.17, 15) is 0 Å². The minimum absolute atomic E-state index is 0.733. The third-order valence-electron chi connectivity index (χ3n) is 4.48. The summed E-state index contributed by atoms with van der Waals surface area (Å²) in [4.78, 5) is 2.47. The molecule has 1 N–H and O–H groups in total. The first-order valence-electron chi connectivity index (χ1n) is 7.20. The number of nitrogens with zero attached hydrogens (tertiary/aromatic N) is 1. The maximum absolute atomic E-state index is 3.88. The Labute approximate surface area is 101 Å². The molecule has 0 aromatic rings. The normalized spacial score (nSPS) is 31.5. The Balaban J connectivity index is 1.74. The minimum atomic E-state index is 0.733. The van der Waals surface area contributed by atoms with Gasteiger partial charge in [0.05, 0.1) is 0 Å². The first kappa shape index (κ1) is 12.4. The lowest BCUT2D eigenvalue weighted by Gasteiger charge is -2.36. The molecule has 1 saturated heterocycles. The van der Waals surface area contributed by atoms with Crippen molar-refractivity contribution in [2.75, 3.05) is 20.1 Å². The van der Waals surface area contributed by atoms with Crippen molar-refractivity contribution in [3.8, 4) is 0 Å². The van der Waals surface area contributed by atoms with E-state index in [0.717, 1.165) is 18.0 Å². The molecule has 2 heteroatoms. The maximum atomic E-state index is 3.88. The van der Waals surface area contributed by atoms with Gasteiger partial charge in [-0.15, -0.1) is 0 Å². The van der Waals surface area contributed by atoms with Crippen LogP contribution in [0.3, 0.4) is 0 Å². The van der Waals surface area contributed by atoms with Crippen molar-refractivity contribution in [3.05, 3.63) is 0 Å². The van der Waals surface area contributed by atoms with Gasteiger partial charge in [0.2, 0.25) is 0 Å². The van der Waals surface area contributed by atoms with Crippen molar-refractivity contribution >= 4 is 0 Å². The standard InChI is InChI=1S/C14H28N2/c1-12(13-7-4-3-5-8-13)15-14-9-6-10-16(2)11-14/h12-15H,3-11H2,1-2H3/t12-,14?/m0/s1. The topological polar surface area (TPSA) is 15.3 Å². The summed E-state index contributed by atoms with van der Waals surface area (Å²) < 4.78 is 0. The second kappa shape index (κ2) is 6.02. The summed E-state index contributed by atoms with van der Waals surface area (Å²) >= 11 is 0. The van der Waals surface area contributed by atoms with Crippen LogP contribution in [0.15, 0.2) is 0 Å². The van der Waals surface area contributed by atoms with Crippen molar-refractivity contribution in [3.63, 3.8) is 0 Å². The molecule has 2 fully saturated rings. The molecule has 0 aromatic heterocycles. The lowest BCUT2D eigenvalue weighted by Crippen LogP contribution is -2.49. The number of nitrogens with one attached hydrogen (secondary N) is 1. The predicted molar refractivity (Wildman–Crippen MR) is 69.7 cm³/mol. The van der Waals surface area contributed by atoms with Crippen LogP contribution in [-0.4, -0.2) is 37.1 Å². The Morgan fingerprint density at radius 1 is 1.06 bits per heavy atom. The highest BCUT2D eigenvalue weighted by atomic mass is 15.1. The van der Waals surface area contributed by atoms with Crippen LogP contribution in [0, 0.1) is 5.92 Å². The fourth-order valence-corrected chi connectivity index (χ4v) is 3.44. The molecule has 1 heterocycles. The monoisotopic (exact) mass is 224 g/mol. The molecule has 94 valence electrons. The molecule has 0 spiro atoms. The molecule has 0 aromatic carbocycles. The van der Waals surface area contributed by atoms with Crippen LogP contribution >= 0.6 is 0 Å². The van der Waals surface area contributed by atoms with Crippen molar-refractivity contribution in [1.82, 2.24) is 10.2 Å². The van der Waals surface area contributed by atoms with Gasteiger partial charge in [-0.3, -0.25) is 0 Å². The molecule has 2 atom stereocenters. The first-order chi connectivity index (χ1) is 7.75. The summed E-state index contributed by atoms with van der Waals surface area (Å²) in [6, 6.07) is 1.48. The van der Waals surface area contributed by atoms with E-state index in [1.165, 1.54) is 58.0 Å². The summed E-state index contributed by atoms with van der Waals surface area (Å²) in [5, 5.41) is 3.88. The zero-order valence-electron chi connectivity index (χ0n) is 11.0. The van der Waals surface area contributed by atoms with Gasteiger partial charge in [-0.1, -0.05) is 19.3 Å². The van der Waals surface area contributed by atoms with Crippen molar-refractivity contribution in [1.29, 1.82) is 0 Å². The Kier molecular flexibility index (Phi) is 4.66. The van der Waals surface area contributed by atoms with Gasteiger partial charge >= 0.3 is 0 Å². The van der Waals surface area contributed by atoms with Crippen molar-refractivity contribution in [2.45, 2.75) is 64.0 Å². The molecule has 1 aliphatic heterocycles. The van der Waals surface area contributed by atoms with Crippen molar-refractivity contribution in [2.24, 2.45) is 5.92 Å². The van der Waals surface area contributed by atoms with Gasteiger partial charge in [-0.05, 0) is 52.1 Å². The van der Waals surface area contributed by atoms with Gasteiger partial charge in [-0.25, -0.2) is 0 Å². The molecular formula is C14H28N2. The van der Waals surface area contributed by atoms with Gasteiger partial charge in [0.15, 0.2) is 0 Å². The summed E-state index contributed by atoms with van der Waals surface area (Å²) in [6.45, 7) is 4.94. The lowest BCUT2D eigenvalue weighted by atomic mass is 9.84. The highest BCUT2D eigenvalue weighted by Crippen LogP contribution is 2.26. The third-order valence-corrected chi connectivity index (χ3v) is 4.48. The van der Waals surface area contributed by atoms with Gasteiger partial charge in [0, 0.05) is 18.6 Å². The molecule has 0 bridgehead atoms. The van der Waals surface area contributed by atoms with E-state index >= 15 is 0 Å². The van der Waals surface area contributed by atoms with Crippen LogP contribution in [0.4, 0.5) is 0 Å². The first-order valence-corrected chi connectivity index (χ1v) is 7.20. The SMILES string of the molecule is C[C@H](NC1CCCN(C)C1)C1CCCCC1. The number of hydrogen-bond donors (Lipinski definition) is 1. The predicted octanol–water partition coefficient (Wildman–Crippen LogP) is 2.64. The molecule has 1 aliphatic carbocycles. The molecular weight excluding hydrogens is 196 g/mol. The third kappa shape index (κ3) is 3.46. The molecule has 2 rings (SSSR count). The van der Waals surface area contributed by atoms with Crippen LogP contribution in [0.2, 0.25) is 0 Å². The quantitative estimate of drug-likeness (QED) is 0.793. The van der Waals surface area contributed by atoms with Crippen LogP contribution < -0.4 is 5.32 Å². The van der Waals surface area contributed by atoms with Crippen LogP contribution in [-0.2, 0) is 0 Å². The second-order valence-electron chi connectivity index (χ2n) is 5.95. The summed E-state index contributed by atoms with van der Waals surface area (Å²) in [6.07, 6.45) is 10.0. The highest BCUT2D eigenvalue weighted by molar-refractivity contribution is 4.83. The van der Waals surface area contributed by atoms with Crippen LogP contribution in [0.1, 0.15) is 51.9 Å². The van der Waals surface area contributed by atoms with E-state index in [0.29, 0.717) is 0 Å². The lowest BCUT2D eigenvalue weighted by molar-refractivity contribution is 0.191. The Hall–Kier alpha value is -0.0800. The second-order valence-corrected chi connectivity index (χ2v) is 5.95. The van der Waals surface area contributed by atoms with Crippen LogP contribution in [0.5, 0.6) is 0 Å². The van der Waals surface area contributed by atoms with Crippen molar-refractivity contribution < 1.29 is 0 Å². The molecule has 0 radical (unpaired) electrons. The molecule has 2 nitrogen and oxygen atoms in total. The average molecular weight is 224 g/mol. The summed E-state index contributed by atoms with van der Waals surface area (Å²) in [7, 11) is 2.25. The van der Waals surface area contributed by atoms with Gasteiger partial charge in [0.1, 0.15) is 0 Å². The van der Waals surface area contributed by atoms with E-state index in [2.05, 4.69) is 24.2 Å². The Morgan fingerprint density at radius 3 is 2.50 bits per heavy atom.